The molecule has 0 fully saturated rings. The van der Waals surface area contributed by atoms with Crippen molar-refractivity contribution in [3.8, 4) is 11.5 Å². The van der Waals surface area contributed by atoms with E-state index < -0.39 is 11.6 Å². The number of rotatable bonds is 3. The topological polar surface area (TPSA) is 67.8 Å². The van der Waals surface area contributed by atoms with Crippen molar-refractivity contribution in [1.82, 2.24) is 0 Å². The highest BCUT2D eigenvalue weighted by atomic mass is 19.2. The van der Waals surface area contributed by atoms with Crippen molar-refractivity contribution < 1.29 is 18.7 Å². The molecule has 6 heteroatoms. The van der Waals surface area contributed by atoms with Crippen LogP contribution in [-0.2, 0) is 0 Å². The maximum absolute atomic E-state index is 13.4. The first-order valence-electron chi connectivity index (χ1n) is 5.31. The molecule has 0 aliphatic rings. The van der Waals surface area contributed by atoms with Gasteiger partial charge in [0.15, 0.2) is 17.4 Å². The van der Waals surface area contributed by atoms with Gasteiger partial charge < -0.3 is 15.7 Å². The molecule has 4 nitrogen and oxygen atoms in total. The van der Waals surface area contributed by atoms with Crippen LogP contribution in [0.25, 0.3) is 0 Å². The van der Waals surface area contributed by atoms with E-state index in [0.717, 1.165) is 6.07 Å². The lowest BCUT2D eigenvalue weighted by atomic mass is 10.2. The predicted molar refractivity (Wildman–Crippen MR) is 65.4 cm³/mol. The normalized spacial score (nSPS) is 11.4. The van der Waals surface area contributed by atoms with Gasteiger partial charge >= 0.3 is 0 Å². The average molecular weight is 264 g/mol. The minimum absolute atomic E-state index is 0.0523. The Hall–Kier alpha value is -2.63. The summed E-state index contributed by atoms with van der Waals surface area (Å²) < 4.78 is 31.6. The fraction of sp³-hybridized carbons (Fsp3) is 0. The van der Waals surface area contributed by atoms with E-state index >= 15 is 0 Å². The molecule has 98 valence electrons. The standard InChI is InChI=1S/C13H10F2N2O2/c14-10-2-1-3-11(12(10)15)19-9-6-4-8(5-7-9)13(16)17-18/h1-7,18H,(H2,16,17). The summed E-state index contributed by atoms with van der Waals surface area (Å²) >= 11 is 0. The molecule has 0 aliphatic heterocycles. The van der Waals surface area contributed by atoms with Gasteiger partial charge in [0.05, 0.1) is 0 Å². The van der Waals surface area contributed by atoms with Crippen LogP contribution in [0.3, 0.4) is 0 Å². The van der Waals surface area contributed by atoms with E-state index in [1.807, 2.05) is 0 Å². The van der Waals surface area contributed by atoms with E-state index in [-0.39, 0.29) is 11.6 Å². The Morgan fingerprint density at radius 3 is 2.42 bits per heavy atom. The van der Waals surface area contributed by atoms with Crippen molar-refractivity contribution in [2.75, 3.05) is 0 Å². The minimum Gasteiger partial charge on any atom is -0.454 e. The largest absolute Gasteiger partial charge is 0.454 e. The molecule has 0 unspecified atom stereocenters. The summed E-state index contributed by atoms with van der Waals surface area (Å²) in [6, 6.07) is 9.72. The van der Waals surface area contributed by atoms with Crippen LogP contribution in [0.2, 0.25) is 0 Å². The second-order valence-electron chi connectivity index (χ2n) is 3.66. The number of amidine groups is 1. The van der Waals surface area contributed by atoms with Crippen LogP contribution in [0.5, 0.6) is 11.5 Å². The Bertz CT molecular complexity index is 613. The number of benzene rings is 2. The number of nitrogens with two attached hydrogens (primary N) is 1. The van der Waals surface area contributed by atoms with Crippen molar-refractivity contribution >= 4 is 5.84 Å². The lowest BCUT2D eigenvalue weighted by Gasteiger charge is -2.07. The molecule has 19 heavy (non-hydrogen) atoms. The van der Waals surface area contributed by atoms with Crippen molar-refractivity contribution in [1.29, 1.82) is 0 Å². The molecule has 2 aromatic carbocycles. The number of hydrogen-bond donors (Lipinski definition) is 2. The number of nitrogens with zero attached hydrogens (tertiary/aromatic N) is 1. The van der Waals surface area contributed by atoms with Crippen LogP contribution in [0.15, 0.2) is 47.6 Å². The molecule has 0 bridgehead atoms. The van der Waals surface area contributed by atoms with Gasteiger partial charge in [-0.2, -0.15) is 4.39 Å². The van der Waals surface area contributed by atoms with Gasteiger partial charge in [0.2, 0.25) is 5.82 Å². The Kier molecular flexibility index (Phi) is 3.61. The molecule has 0 atom stereocenters. The van der Waals surface area contributed by atoms with Crippen molar-refractivity contribution in [2.45, 2.75) is 0 Å². The van der Waals surface area contributed by atoms with Gasteiger partial charge in [-0.25, -0.2) is 4.39 Å². The maximum Gasteiger partial charge on any atom is 0.201 e. The van der Waals surface area contributed by atoms with E-state index in [1.165, 1.54) is 36.4 Å². The number of oxime groups is 1. The molecule has 0 aliphatic carbocycles. The summed E-state index contributed by atoms with van der Waals surface area (Å²) in [7, 11) is 0. The first-order chi connectivity index (χ1) is 9.11. The van der Waals surface area contributed by atoms with Gasteiger partial charge in [0, 0.05) is 5.56 Å². The van der Waals surface area contributed by atoms with Crippen LogP contribution in [-0.4, -0.2) is 11.0 Å². The van der Waals surface area contributed by atoms with Crippen LogP contribution < -0.4 is 10.5 Å². The van der Waals surface area contributed by atoms with Gasteiger partial charge in [0.1, 0.15) is 5.75 Å². The van der Waals surface area contributed by atoms with E-state index in [0.29, 0.717) is 11.3 Å². The summed E-state index contributed by atoms with van der Waals surface area (Å²) in [6.45, 7) is 0. The van der Waals surface area contributed by atoms with Crippen molar-refractivity contribution in [3.63, 3.8) is 0 Å². The molecule has 0 amide bonds. The van der Waals surface area contributed by atoms with E-state index in [4.69, 9.17) is 15.7 Å². The summed E-state index contributed by atoms with van der Waals surface area (Å²) in [5, 5.41) is 11.3. The van der Waals surface area contributed by atoms with Gasteiger partial charge in [-0.15, -0.1) is 0 Å². The predicted octanol–water partition coefficient (Wildman–Crippen LogP) is 2.85. The van der Waals surface area contributed by atoms with Gasteiger partial charge in [-0.05, 0) is 36.4 Å². The monoisotopic (exact) mass is 264 g/mol. The molecular formula is C13H10F2N2O2. The second-order valence-corrected chi connectivity index (χ2v) is 3.66. The minimum atomic E-state index is -1.05. The van der Waals surface area contributed by atoms with Gasteiger partial charge in [-0.1, -0.05) is 11.2 Å². The van der Waals surface area contributed by atoms with Crippen molar-refractivity contribution in [2.24, 2.45) is 10.9 Å². The summed E-state index contributed by atoms with van der Waals surface area (Å²) in [5.74, 6) is -1.99. The Morgan fingerprint density at radius 1 is 1.11 bits per heavy atom. The van der Waals surface area contributed by atoms with Gasteiger partial charge in [0.25, 0.3) is 0 Å². The zero-order chi connectivity index (χ0) is 13.8. The molecule has 0 saturated heterocycles. The fourth-order valence-corrected chi connectivity index (χ4v) is 1.44. The zero-order valence-corrected chi connectivity index (χ0v) is 9.68. The third kappa shape index (κ3) is 2.79. The second kappa shape index (κ2) is 5.34. The van der Waals surface area contributed by atoms with Gasteiger partial charge in [-0.3, -0.25) is 0 Å². The highest BCUT2D eigenvalue weighted by Crippen LogP contribution is 2.25. The molecule has 0 aromatic heterocycles. The molecular weight excluding hydrogens is 254 g/mol. The Balaban J connectivity index is 2.22. The lowest BCUT2D eigenvalue weighted by molar-refractivity contribution is 0.318. The molecule has 0 saturated carbocycles. The van der Waals surface area contributed by atoms with Crippen LogP contribution in [0.4, 0.5) is 8.78 Å². The highest BCUT2D eigenvalue weighted by Gasteiger charge is 2.09. The van der Waals surface area contributed by atoms with Crippen LogP contribution in [0.1, 0.15) is 5.56 Å². The van der Waals surface area contributed by atoms with Crippen molar-refractivity contribution in [3.05, 3.63) is 59.7 Å². The highest BCUT2D eigenvalue weighted by molar-refractivity contribution is 5.97. The lowest BCUT2D eigenvalue weighted by Crippen LogP contribution is -2.12. The van der Waals surface area contributed by atoms with Crippen LogP contribution in [0, 0.1) is 11.6 Å². The zero-order valence-electron chi connectivity index (χ0n) is 9.68. The van der Waals surface area contributed by atoms with Crippen LogP contribution >= 0.6 is 0 Å². The molecule has 3 N–H and O–H groups in total. The fourth-order valence-electron chi connectivity index (χ4n) is 1.44. The SMILES string of the molecule is NC(=NO)c1ccc(Oc2cccc(F)c2F)cc1. The number of halogens is 2. The van der Waals surface area contributed by atoms with E-state index in [1.54, 1.807) is 0 Å². The number of ether oxygens (including phenoxy) is 1. The third-order valence-electron chi connectivity index (χ3n) is 2.40. The quantitative estimate of drug-likeness (QED) is 0.387. The third-order valence-corrected chi connectivity index (χ3v) is 2.40. The Labute approximate surface area is 107 Å². The molecule has 0 radical (unpaired) electrons. The molecule has 0 spiro atoms. The molecule has 2 aromatic rings. The first-order valence-corrected chi connectivity index (χ1v) is 5.31. The number of hydrogen-bond acceptors (Lipinski definition) is 3. The first kappa shape index (κ1) is 12.8. The molecule has 0 heterocycles. The Morgan fingerprint density at radius 2 is 1.79 bits per heavy atom. The summed E-state index contributed by atoms with van der Waals surface area (Å²) in [6.07, 6.45) is 0. The maximum atomic E-state index is 13.4. The molecule has 2 rings (SSSR count). The van der Waals surface area contributed by atoms with E-state index in [9.17, 15) is 8.78 Å². The van der Waals surface area contributed by atoms with E-state index in [2.05, 4.69) is 5.16 Å². The summed E-state index contributed by atoms with van der Waals surface area (Å²) in [4.78, 5) is 0. The smallest absolute Gasteiger partial charge is 0.201 e. The summed E-state index contributed by atoms with van der Waals surface area (Å²) in [5.41, 5.74) is 5.87. The average Bonchev–Trinajstić information content (AvgIpc) is 2.44.